The number of nitrogens with zero attached hydrogens (tertiary/aromatic N) is 3. The Balaban J connectivity index is 1.62. The fraction of sp³-hybridized carbons (Fsp3) is 0.412. The van der Waals surface area contributed by atoms with Crippen LogP contribution in [0, 0.1) is 17.0 Å². The summed E-state index contributed by atoms with van der Waals surface area (Å²) in [7, 11) is 0. The number of oxazole rings is 1. The van der Waals surface area contributed by atoms with Crippen LogP contribution in [0.3, 0.4) is 0 Å². The largest absolute Gasteiger partial charge is 0.440 e. The number of pyridine rings is 1. The molecule has 0 atom stereocenters. The van der Waals surface area contributed by atoms with Crippen LogP contribution in [-0.4, -0.2) is 39.5 Å². The third-order valence-electron chi connectivity index (χ3n) is 3.33. The summed E-state index contributed by atoms with van der Waals surface area (Å²) in [6.07, 6.45) is 5.09. The zero-order valence-corrected chi connectivity index (χ0v) is 17.8. The second-order valence-corrected chi connectivity index (χ2v) is 8.18. The van der Waals surface area contributed by atoms with Crippen LogP contribution in [0.1, 0.15) is 17.8 Å². The summed E-state index contributed by atoms with van der Waals surface area (Å²) in [4.78, 5) is 18.8. The topological polar surface area (TPSA) is 106 Å². The van der Waals surface area contributed by atoms with Crippen LogP contribution in [0.2, 0.25) is 5.02 Å². The van der Waals surface area contributed by atoms with Crippen molar-refractivity contribution < 1.29 is 9.34 Å². The molecule has 0 saturated heterocycles. The van der Waals surface area contributed by atoms with Gasteiger partial charge in [0.05, 0.1) is 21.3 Å². The lowest BCUT2D eigenvalue weighted by atomic mass is 10.4. The first kappa shape index (κ1) is 22.4. The Morgan fingerprint density at radius 3 is 2.93 bits per heavy atom. The third-order valence-corrected chi connectivity index (χ3v) is 5.57. The van der Waals surface area contributed by atoms with Crippen LogP contribution >= 0.6 is 35.1 Å². The zero-order chi connectivity index (χ0) is 20.2. The molecule has 0 spiro atoms. The molecular formula is C17H22ClN5O3S2. The Morgan fingerprint density at radius 1 is 1.39 bits per heavy atom. The molecule has 0 bridgehead atoms. The number of halogens is 1. The van der Waals surface area contributed by atoms with E-state index in [1.165, 1.54) is 11.8 Å². The van der Waals surface area contributed by atoms with E-state index in [1.807, 2.05) is 13.0 Å². The van der Waals surface area contributed by atoms with Crippen molar-refractivity contribution in [3.63, 3.8) is 0 Å². The molecule has 28 heavy (non-hydrogen) atoms. The van der Waals surface area contributed by atoms with Gasteiger partial charge in [-0.2, -0.15) is 11.8 Å². The standard InChI is InChI=1S/C17H22ClN5O3S2/c1-13-11-26-17(22-13)28-8-3-6-20-16(10-23(24)25)21-7-9-27-12-15-14(18)4-2-5-19-15/h2,4-5,10-11,20-21H,3,6-9,12H2,1H3/b16-10+. The average Bonchev–Trinajstić information content (AvgIpc) is 3.07. The first-order valence-corrected chi connectivity index (χ1v) is 11.1. The Morgan fingerprint density at radius 2 is 2.21 bits per heavy atom. The summed E-state index contributed by atoms with van der Waals surface area (Å²) in [5.74, 6) is 2.67. The van der Waals surface area contributed by atoms with E-state index < -0.39 is 4.92 Å². The maximum Gasteiger partial charge on any atom is 0.274 e. The maximum absolute atomic E-state index is 10.8. The average molecular weight is 444 g/mol. The molecule has 0 amide bonds. The van der Waals surface area contributed by atoms with Crippen LogP contribution in [0.15, 0.2) is 46.3 Å². The van der Waals surface area contributed by atoms with E-state index in [0.29, 0.717) is 34.9 Å². The van der Waals surface area contributed by atoms with Gasteiger partial charge in [0.25, 0.3) is 11.4 Å². The van der Waals surface area contributed by atoms with E-state index in [-0.39, 0.29) is 0 Å². The van der Waals surface area contributed by atoms with Gasteiger partial charge in [-0.3, -0.25) is 15.1 Å². The van der Waals surface area contributed by atoms with Crippen LogP contribution in [-0.2, 0) is 5.75 Å². The highest BCUT2D eigenvalue weighted by Crippen LogP contribution is 2.18. The molecule has 0 aromatic carbocycles. The maximum atomic E-state index is 10.8. The predicted octanol–water partition coefficient (Wildman–Crippen LogP) is 3.70. The molecule has 0 aliphatic rings. The minimum absolute atomic E-state index is 0.401. The molecule has 2 aromatic rings. The molecule has 2 aromatic heterocycles. The lowest BCUT2D eigenvalue weighted by Crippen LogP contribution is -2.29. The molecule has 152 valence electrons. The molecule has 8 nitrogen and oxygen atoms in total. The normalized spacial score (nSPS) is 11.4. The lowest BCUT2D eigenvalue weighted by Gasteiger charge is -2.11. The molecule has 2 N–H and O–H groups in total. The quantitative estimate of drug-likeness (QED) is 0.207. The first-order chi connectivity index (χ1) is 13.5. The molecule has 0 fully saturated rings. The number of aryl methyl sites for hydroxylation is 1. The van der Waals surface area contributed by atoms with Crippen molar-refractivity contribution in [1.29, 1.82) is 0 Å². The van der Waals surface area contributed by atoms with Gasteiger partial charge in [-0.15, -0.1) is 0 Å². The number of aromatic nitrogens is 2. The van der Waals surface area contributed by atoms with E-state index >= 15 is 0 Å². The van der Waals surface area contributed by atoms with Crippen molar-refractivity contribution in [1.82, 2.24) is 20.6 Å². The van der Waals surface area contributed by atoms with Gasteiger partial charge in [-0.1, -0.05) is 23.4 Å². The van der Waals surface area contributed by atoms with E-state index in [4.69, 9.17) is 16.0 Å². The highest BCUT2D eigenvalue weighted by molar-refractivity contribution is 7.99. The smallest absolute Gasteiger partial charge is 0.274 e. The van der Waals surface area contributed by atoms with E-state index in [1.54, 1.807) is 30.3 Å². The molecule has 0 unspecified atom stereocenters. The summed E-state index contributed by atoms with van der Waals surface area (Å²) < 4.78 is 5.26. The fourth-order valence-corrected chi connectivity index (χ4v) is 3.93. The number of nitrogens with one attached hydrogen (secondary N) is 2. The van der Waals surface area contributed by atoms with Gasteiger partial charge in [0.15, 0.2) is 5.82 Å². The molecular weight excluding hydrogens is 422 g/mol. The van der Waals surface area contributed by atoms with Crippen LogP contribution in [0.4, 0.5) is 0 Å². The van der Waals surface area contributed by atoms with Crippen molar-refractivity contribution in [2.24, 2.45) is 0 Å². The minimum Gasteiger partial charge on any atom is -0.440 e. The van der Waals surface area contributed by atoms with Crippen molar-refractivity contribution in [3.05, 3.63) is 63.1 Å². The van der Waals surface area contributed by atoms with E-state index in [2.05, 4.69) is 20.6 Å². The second-order valence-electron chi connectivity index (χ2n) is 5.62. The number of hydrogen-bond acceptors (Lipinski definition) is 9. The van der Waals surface area contributed by atoms with E-state index in [0.717, 1.165) is 35.5 Å². The molecule has 11 heteroatoms. The highest BCUT2D eigenvalue weighted by Gasteiger charge is 2.05. The Kier molecular flexibility index (Phi) is 10.0. The van der Waals surface area contributed by atoms with Crippen LogP contribution in [0.25, 0.3) is 0 Å². The van der Waals surface area contributed by atoms with Crippen LogP contribution in [0.5, 0.6) is 0 Å². The monoisotopic (exact) mass is 443 g/mol. The lowest BCUT2D eigenvalue weighted by molar-refractivity contribution is -0.404. The van der Waals surface area contributed by atoms with Gasteiger partial charge in [0.2, 0.25) is 0 Å². The first-order valence-electron chi connectivity index (χ1n) is 8.59. The molecule has 2 heterocycles. The summed E-state index contributed by atoms with van der Waals surface area (Å²) in [6.45, 7) is 3.07. The Bertz CT molecular complexity index is 788. The zero-order valence-electron chi connectivity index (χ0n) is 15.4. The number of thioether (sulfide) groups is 2. The van der Waals surface area contributed by atoms with Gasteiger partial charge in [-0.25, -0.2) is 4.98 Å². The SMILES string of the molecule is Cc1coc(SCCCN/C(=C\[N+](=O)[O-])NCCSCc2ncccc2Cl)n1. The van der Waals surface area contributed by atoms with E-state index in [9.17, 15) is 10.1 Å². The summed E-state index contributed by atoms with van der Waals surface area (Å²) in [6, 6.07) is 3.61. The molecule has 0 aliphatic heterocycles. The minimum atomic E-state index is -0.472. The number of rotatable bonds is 13. The molecule has 0 radical (unpaired) electrons. The molecule has 0 saturated carbocycles. The second kappa shape index (κ2) is 12.5. The summed E-state index contributed by atoms with van der Waals surface area (Å²) in [5, 5.41) is 18.2. The summed E-state index contributed by atoms with van der Waals surface area (Å²) in [5.41, 5.74) is 1.69. The van der Waals surface area contributed by atoms with Gasteiger partial charge in [0.1, 0.15) is 6.26 Å². The predicted molar refractivity (Wildman–Crippen MR) is 113 cm³/mol. The number of hydrogen-bond donors (Lipinski definition) is 2. The van der Waals surface area contributed by atoms with Crippen molar-refractivity contribution in [2.45, 2.75) is 24.3 Å². The summed E-state index contributed by atoms with van der Waals surface area (Å²) >= 11 is 9.25. The van der Waals surface area contributed by atoms with Gasteiger partial charge in [0, 0.05) is 36.5 Å². The van der Waals surface area contributed by atoms with Crippen LogP contribution < -0.4 is 10.6 Å². The molecule has 0 aliphatic carbocycles. The van der Waals surface area contributed by atoms with Gasteiger partial charge in [-0.05, 0) is 25.5 Å². The Labute approximate surface area is 177 Å². The highest BCUT2D eigenvalue weighted by atomic mass is 35.5. The van der Waals surface area contributed by atoms with Gasteiger partial charge >= 0.3 is 0 Å². The third kappa shape index (κ3) is 8.85. The van der Waals surface area contributed by atoms with Gasteiger partial charge < -0.3 is 15.1 Å². The van der Waals surface area contributed by atoms with Crippen molar-refractivity contribution in [3.8, 4) is 0 Å². The Hall–Kier alpha value is -1.91. The molecule has 2 rings (SSSR count). The van der Waals surface area contributed by atoms with Crippen molar-refractivity contribution in [2.75, 3.05) is 24.6 Å². The fourth-order valence-electron chi connectivity index (χ4n) is 2.06. The van der Waals surface area contributed by atoms with Crippen molar-refractivity contribution >= 4 is 35.1 Å². The number of nitro groups is 1.